The van der Waals surface area contributed by atoms with Crippen LogP contribution in [0.15, 0.2) is 17.7 Å². The van der Waals surface area contributed by atoms with Gasteiger partial charge in [0.1, 0.15) is 17.5 Å². The van der Waals surface area contributed by atoms with Gasteiger partial charge in [0.05, 0.1) is 0 Å². The molecule has 0 spiro atoms. The number of ether oxygens (including phenoxy) is 1. The van der Waals surface area contributed by atoms with Crippen LogP contribution in [0, 0.1) is 11.3 Å². The third-order valence-corrected chi connectivity index (χ3v) is 5.20. The van der Waals surface area contributed by atoms with Gasteiger partial charge in [0.2, 0.25) is 5.88 Å². The summed E-state index contributed by atoms with van der Waals surface area (Å²) in [6.45, 7) is 7.48. The van der Waals surface area contributed by atoms with Gasteiger partial charge in [-0.2, -0.15) is 10.2 Å². The minimum absolute atomic E-state index is 0.0742. The Morgan fingerprint density at radius 2 is 2.00 bits per heavy atom. The van der Waals surface area contributed by atoms with Gasteiger partial charge < -0.3 is 10.1 Å². The summed E-state index contributed by atoms with van der Waals surface area (Å²) in [6.07, 6.45) is 6.75. The first-order valence-corrected chi connectivity index (χ1v) is 11.5. The van der Waals surface area contributed by atoms with Crippen LogP contribution in [-0.4, -0.2) is 42.2 Å². The molecule has 0 saturated heterocycles. The van der Waals surface area contributed by atoms with Crippen molar-refractivity contribution in [2.45, 2.75) is 70.4 Å². The largest absolute Gasteiger partial charge is 0.455 e. The summed E-state index contributed by atoms with van der Waals surface area (Å²) in [7, 11) is -3.29. The third kappa shape index (κ3) is 6.26. The molecule has 0 radical (unpaired) electrons. The molecule has 158 valence electrons. The first-order valence-electron chi connectivity index (χ1n) is 9.52. The molecule has 1 aliphatic rings. The number of hydrogen-bond donors (Lipinski definition) is 1. The summed E-state index contributed by atoms with van der Waals surface area (Å²) in [5, 5.41) is 13.4. The molecule has 8 nitrogen and oxygen atoms in total. The van der Waals surface area contributed by atoms with E-state index in [9.17, 15) is 18.5 Å². The first-order chi connectivity index (χ1) is 13.4. The molecule has 0 aliphatic heterocycles. The monoisotopic (exact) mass is 420 g/mol. The van der Waals surface area contributed by atoms with E-state index in [1.807, 2.05) is 20.8 Å². The van der Waals surface area contributed by atoms with Crippen molar-refractivity contribution in [1.29, 1.82) is 5.26 Å². The van der Waals surface area contributed by atoms with Gasteiger partial charge in [-0.3, -0.25) is 4.79 Å². The fraction of sp³-hybridized carbons (Fsp3) is 0.600. The fourth-order valence-electron chi connectivity index (χ4n) is 2.92. The number of hydrogen-bond acceptors (Lipinski definition) is 7. The Kier molecular flexibility index (Phi) is 6.68. The molecule has 1 N–H and O–H groups in total. The predicted octanol–water partition coefficient (Wildman–Crippen LogP) is 2.67. The molecule has 1 atom stereocenters. The average molecular weight is 421 g/mol. The van der Waals surface area contributed by atoms with Crippen LogP contribution in [0.2, 0.25) is 0 Å². The topological polar surface area (TPSA) is 122 Å². The summed E-state index contributed by atoms with van der Waals surface area (Å²) in [5.74, 6) is 0.0718. The number of nitrogens with one attached hydrogen (secondary N) is 1. The van der Waals surface area contributed by atoms with Crippen LogP contribution >= 0.6 is 0 Å². The molecule has 1 amide bonds. The number of amides is 1. The van der Waals surface area contributed by atoms with Crippen LogP contribution in [0.3, 0.4) is 0 Å². The van der Waals surface area contributed by atoms with E-state index in [2.05, 4.69) is 21.4 Å². The Morgan fingerprint density at radius 1 is 1.38 bits per heavy atom. The standard InChI is InChI=1S/C20H28N4O4S/c1-14(8-11-29(5,26)27)23-16(25)15-12-22-18(19(2,3)4)24-17(15)28-20(13-21)9-6-7-10-20/h8,11-12,14H,6-7,9-10H2,1-5H3,(H,23,25)/b11-8+/t14-/m0/s1. The molecule has 1 aromatic heterocycles. The quantitative estimate of drug-likeness (QED) is 0.750. The Bertz CT molecular complexity index is 936. The molecular weight excluding hydrogens is 392 g/mol. The predicted molar refractivity (Wildman–Crippen MR) is 109 cm³/mol. The van der Waals surface area contributed by atoms with E-state index in [1.54, 1.807) is 6.92 Å². The Labute approximate surface area is 172 Å². The second kappa shape index (κ2) is 8.49. The minimum Gasteiger partial charge on any atom is -0.455 e. The fourth-order valence-corrected chi connectivity index (χ4v) is 3.44. The van der Waals surface area contributed by atoms with Crippen molar-refractivity contribution in [3.63, 3.8) is 0 Å². The number of rotatable bonds is 6. The van der Waals surface area contributed by atoms with E-state index in [0.717, 1.165) is 24.5 Å². The van der Waals surface area contributed by atoms with Crippen molar-refractivity contribution in [3.05, 3.63) is 29.1 Å². The van der Waals surface area contributed by atoms with E-state index < -0.39 is 27.4 Å². The zero-order valence-electron chi connectivity index (χ0n) is 17.5. The molecule has 1 fully saturated rings. The lowest BCUT2D eigenvalue weighted by Crippen LogP contribution is -2.35. The van der Waals surface area contributed by atoms with E-state index in [1.165, 1.54) is 12.3 Å². The summed E-state index contributed by atoms with van der Waals surface area (Å²) in [6, 6.07) is 1.70. The SMILES string of the molecule is C[C@@H](/C=C/S(C)(=O)=O)NC(=O)c1cnc(C(C)(C)C)nc1OC1(C#N)CCCC1. The summed E-state index contributed by atoms with van der Waals surface area (Å²) < 4.78 is 28.5. The number of nitriles is 1. The van der Waals surface area contributed by atoms with Crippen LogP contribution < -0.4 is 10.1 Å². The van der Waals surface area contributed by atoms with Gasteiger partial charge in [-0.15, -0.1) is 0 Å². The van der Waals surface area contributed by atoms with Crippen molar-refractivity contribution < 1.29 is 17.9 Å². The number of nitrogens with zero attached hydrogens (tertiary/aromatic N) is 3. The van der Waals surface area contributed by atoms with Gasteiger partial charge in [0.25, 0.3) is 5.91 Å². The van der Waals surface area contributed by atoms with Gasteiger partial charge in [-0.25, -0.2) is 13.4 Å². The molecule has 0 bridgehead atoms. The van der Waals surface area contributed by atoms with Crippen molar-refractivity contribution in [2.24, 2.45) is 0 Å². The molecular formula is C20H28N4O4S. The van der Waals surface area contributed by atoms with Gasteiger partial charge in [0, 0.05) is 42.2 Å². The number of carbonyl (C=O) groups is 1. The van der Waals surface area contributed by atoms with Crippen LogP contribution in [0.5, 0.6) is 5.88 Å². The Morgan fingerprint density at radius 3 is 2.52 bits per heavy atom. The van der Waals surface area contributed by atoms with Crippen LogP contribution in [0.1, 0.15) is 69.6 Å². The van der Waals surface area contributed by atoms with Crippen LogP contribution in [0.4, 0.5) is 0 Å². The molecule has 2 rings (SSSR count). The number of aromatic nitrogens is 2. The molecule has 0 unspecified atom stereocenters. The van der Waals surface area contributed by atoms with Crippen molar-refractivity contribution in [3.8, 4) is 11.9 Å². The molecule has 1 saturated carbocycles. The maximum atomic E-state index is 12.8. The summed E-state index contributed by atoms with van der Waals surface area (Å²) in [4.78, 5) is 21.5. The van der Waals surface area contributed by atoms with Gasteiger partial charge >= 0.3 is 0 Å². The normalized spacial score (nSPS) is 17.7. The molecule has 1 aliphatic carbocycles. The van der Waals surface area contributed by atoms with Crippen LogP contribution in [-0.2, 0) is 15.3 Å². The van der Waals surface area contributed by atoms with Gasteiger partial charge in [0.15, 0.2) is 15.4 Å². The maximum Gasteiger partial charge on any atom is 0.258 e. The second-order valence-electron chi connectivity index (χ2n) is 8.50. The highest BCUT2D eigenvalue weighted by Crippen LogP contribution is 2.35. The van der Waals surface area contributed by atoms with E-state index >= 15 is 0 Å². The van der Waals surface area contributed by atoms with Crippen molar-refractivity contribution >= 4 is 15.7 Å². The zero-order valence-corrected chi connectivity index (χ0v) is 18.3. The van der Waals surface area contributed by atoms with Gasteiger partial charge in [-0.05, 0) is 19.8 Å². The average Bonchev–Trinajstić information content (AvgIpc) is 3.07. The zero-order chi connectivity index (χ0) is 21.9. The lowest BCUT2D eigenvalue weighted by molar-refractivity contribution is 0.0920. The lowest BCUT2D eigenvalue weighted by Gasteiger charge is -2.25. The highest BCUT2D eigenvalue weighted by atomic mass is 32.2. The lowest BCUT2D eigenvalue weighted by atomic mass is 9.95. The number of sulfone groups is 1. The molecule has 29 heavy (non-hydrogen) atoms. The summed E-state index contributed by atoms with van der Waals surface area (Å²) >= 11 is 0. The van der Waals surface area contributed by atoms with E-state index in [4.69, 9.17) is 4.74 Å². The summed E-state index contributed by atoms with van der Waals surface area (Å²) in [5.41, 5.74) is -1.26. The molecule has 1 aromatic rings. The molecule has 9 heteroatoms. The smallest absolute Gasteiger partial charge is 0.258 e. The highest BCUT2D eigenvalue weighted by molar-refractivity contribution is 7.93. The molecule has 1 heterocycles. The third-order valence-electron chi connectivity index (χ3n) is 4.55. The van der Waals surface area contributed by atoms with E-state index in [0.29, 0.717) is 18.7 Å². The number of carbonyl (C=O) groups excluding carboxylic acids is 1. The maximum absolute atomic E-state index is 12.8. The highest BCUT2D eigenvalue weighted by Gasteiger charge is 2.38. The first kappa shape index (κ1) is 22.8. The Hall–Kier alpha value is -2.47. The van der Waals surface area contributed by atoms with E-state index in [-0.39, 0.29) is 16.9 Å². The van der Waals surface area contributed by atoms with Crippen LogP contribution in [0.25, 0.3) is 0 Å². The minimum atomic E-state index is -3.29. The van der Waals surface area contributed by atoms with Crippen molar-refractivity contribution in [2.75, 3.05) is 6.26 Å². The van der Waals surface area contributed by atoms with Crippen molar-refractivity contribution in [1.82, 2.24) is 15.3 Å². The molecule has 0 aromatic carbocycles. The second-order valence-corrected chi connectivity index (χ2v) is 10.4. The van der Waals surface area contributed by atoms with Gasteiger partial charge in [-0.1, -0.05) is 26.8 Å². The Balaban J connectivity index is 2.36.